The van der Waals surface area contributed by atoms with Gasteiger partial charge in [-0.25, -0.2) is 4.98 Å². The van der Waals surface area contributed by atoms with Crippen LogP contribution in [0.4, 0.5) is 5.95 Å². The number of anilines is 1. The lowest BCUT2D eigenvalue weighted by atomic mass is 9.98. The van der Waals surface area contributed by atoms with Crippen molar-refractivity contribution < 1.29 is 0 Å². The number of aromatic nitrogens is 2. The van der Waals surface area contributed by atoms with Crippen LogP contribution < -0.4 is 5.32 Å². The van der Waals surface area contributed by atoms with Gasteiger partial charge in [-0.1, -0.05) is 18.6 Å². The van der Waals surface area contributed by atoms with Crippen LogP contribution in [0.5, 0.6) is 0 Å². The molecule has 1 saturated carbocycles. The van der Waals surface area contributed by atoms with Gasteiger partial charge in [0.15, 0.2) is 0 Å². The molecule has 2 aromatic rings. The summed E-state index contributed by atoms with van der Waals surface area (Å²) in [6.45, 7) is 0.981. The molecule has 1 aromatic heterocycles. The maximum absolute atomic E-state index is 6.03. The van der Waals surface area contributed by atoms with Gasteiger partial charge in [-0.2, -0.15) is 0 Å². The second-order valence-electron chi connectivity index (χ2n) is 5.47. The lowest BCUT2D eigenvalue weighted by Gasteiger charge is -2.17. The minimum atomic E-state index is 0.670. The number of alkyl halides is 1. The number of fused-ring (bicyclic) bond motifs is 1. The summed E-state index contributed by atoms with van der Waals surface area (Å²) in [4.78, 5) is 4.64. The van der Waals surface area contributed by atoms with Crippen molar-refractivity contribution >= 4 is 28.6 Å². The molecule has 0 amide bonds. The van der Waals surface area contributed by atoms with E-state index in [2.05, 4.69) is 34.0 Å². The Labute approximate surface area is 119 Å². The monoisotopic (exact) mass is 277 g/mol. The Morgan fingerprint density at radius 3 is 2.89 bits per heavy atom. The van der Waals surface area contributed by atoms with Crippen molar-refractivity contribution in [2.24, 2.45) is 18.9 Å². The molecule has 102 valence electrons. The van der Waals surface area contributed by atoms with E-state index in [0.717, 1.165) is 23.9 Å². The third-order valence-electron chi connectivity index (χ3n) is 4.32. The van der Waals surface area contributed by atoms with Crippen LogP contribution in [0.3, 0.4) is 0 Å². The lowest BCUT2D eigenvalue weighted by molar-refractivity contribution is 0.443. The molecule has 1 fully saturated rings. The maximum atomic E-state index is 6.03. The first-order chi connectivity index (χ1) is 9.29. The first-order valence-corrected chi connectivity index (χ1v) is 7.54. The molecule has 3 rings (SSSR count). The Balaban J connectivity index is 1.73. The highest BCUT2D eigenvalue weighted by molar-refractivity contribution is 6.18. The molecule has 1 N–H and O–H groups in total. The van der Waals surface area contributed by atoms with Crippen LogP contribution in [0.1, 0.15) is 19.3 Å². The third kappa shape index (κ3) is 2.44. The molecule has 2 atom stereocenters. The number of halogens is 1. The van der Waals surface area contributed by atoms with Gasteiger partial charge in [0.25, 0.3) is 0 Å². The van der Waals surface area contributed by atoms with E-state index in [9.17, 15) is 0 Å². The van der Waals surface area contributed by atoms with Gasteiger partial charge >= 0.3 is 0 Å². The van der Waals surface area contributed by atoms with Crippen molar-refractivity contribution in [2.45, 2.75) is 19.3 Å². The number of aryl methyl sites for hydroxylation is 1. The molecule has 0 saturated heterocycles. The van der Waals surface area contributed by atoms with E-state index in [4.69, 9.17) is 11.6 Å². The van der Waals surface area contributed by atoms with Crippen LogP contribution >= 0.6 is 11.6 Å². The van der Waals surface area contributed by atoms with Crippen molar-refractivity contribution in [3.63, 3.8) is 0 Å². The zero-order chi connectivity index (χ0) is 13.2. The van der Waals surface area contributed by atoms with Crippen LogP contribution in [0.15, 0.2) is 24.3 Å². The standard InChI is InChI=1S/C15H20ClN3/c1-19-14-8-3-2-7-13(14)18-15(19)17-10-12-6-4-5-11(12)9-16/h2-3,7-8,11-12H,4-6,9-10H2,1H3,(H,17,18). The molecule has 0 bridgehead atoms. The first-order valence-electron chi connectivity index (χ1n) is 7.01. The fourth-order valence-electron chi connectivity index (χ4n) is 3.11. The first kappa shape index (κ1) is 12.8. The zero-order valence-electron chi connectivity index (χ0n) is 11.3. The highest BCUT2D eigenvalue weighted by Gasteiger charge is 2.26. The molecule has 1 heterocycles. The van der Waals surface area contributed by atoms with Gasteiger partial charge in [0, 0.05) is 19.5 Å². The number of hydrogen-bond acceptors (Lipinski definition) is 2. The summed E-state index contributed by atoms with van der Waals surface area (Å²) in [5.74, 6) is 3.11. The molecular weight excluding hydrogens is 258 g/mol. The third-order valence-corrected chi connectivity index (χ3v) is 4.72. The van der Waals surface area contributed by atoms with Gasteiger partial charge in [-0.05, 0) is 36.8 Å². The summed E-state index contributed by atoms with van der Waals surface area (Å²) in [5.41, 5.74) is 2.22. The largest absolute Gasteiger partial charge is 0.355 e. The second-order valence-corrected chi connectivity index (χ2v) is 5.78. The van der Waals surface area contributed by atoms with E-state index in [0.29, 0.717) is 11.8 Å². The molecular formula is C15H20ClN3. The lowest BCUT2D eigenvalue weighted by Crippen LogP contribution is -2.20. The summed E-state index contributed by atoms with van der Waals surface area (Å²) in [6.07, 6.45) is 3.87. The normalized spacial score (nSPS) is 23.1. The average molecular weight is 278 g/mol. The molecule has 1 aliphatic rings. The van der Waals surface area contributed by atoms with Crippen molar-refractivity contribution in [2.75, 3.05) is 17.7 Å². The summed E-state index contributed by atoms with van der Waals surface area (Å²) >= 11 is 6.03. The number of nitrogens with zero attached hydrogens (tertiary/aromatic N) is 2. The highest BCUT2D eigenvalue weighted by Crippen LogP contribution is 2.32. The van der Waals surface area contributed by atoms with E-state index in [-0.39, 0.29) is 0 Å². The van der Waals surface area contributed by atoms with Gasteiger partial charge < -0.3 is 9.88 Å². The Morgan fingerprint density at radius 2 is 2.11 bits per heavy atom. The maximum Gasteiger partial charge on any atom is 0.203 e. The molecule has 19 heavy (non-hydrogen) atoms. The summed E-state index contributed by atoms with van der Waals surface area (Å²) < 4.78 is 2.12. The fourth-order valence-corrected chi connectivity index (χ4v) is 3.52. The van der Waals surface area contributed by atoms with Gasteiger partial charge in [-0.15, -0.1) is 11.6 Å². The number of para-hydroxylation sites is 2. The quantitative estimate of drug-likeness (QED) is 0.865. The second kappa shape index (κ2) is 5.41. The van der Waals surface area contributed by atoms with Crippen molar-refractivity contribution in [1.29, 1.82) is 0 Å². The fraction of sp³-hybridized carbons (Fsp3) is 0.533. The minimum Gasteiger partial charge on any atom is -0.355 e. The molecule has 0 spiro atoms. The highest BCUT2D eigenvalue weighted by atomic mass is 35.5. The molecule has 1 aromatic carbocycles. The summed E-state index contributed by atoms with van der Waals surface area (Å²) in [6, 6.07) is 8.23. The minimum absolute atomic E-state index is 0.670. The van der Waals surface area contributed by atoms with Crippen molar-refractivity contribution in [3.8, 4) is 0 Å². The van der Waals surface area contributed by atoms with Gasteiger partial charge in [0.2, 0.25) is 5.95 Å². The predicted octanol–water partition coefficient (Wildman–Crippen LogP) is 3.64. The predicted molar refractivity (Wildman–Crippen MR) is 80.8 cm³/mol. The molecule has 4 heteroatoms. The number of rotatable bonds is 4. The van der Waals surface area contributed by atoms with E-state index >= 15 is 0 Å². The molecule has 1 aliphatic carbocycles. The smallest absolute Gasteiger partial charge is 0.203 e. The molecule has 2 unspecified atom stereocenters. The SMILES string of the molecule is Cn1c(NCC2CCCC2CCl)nc2ccccc21. The van der Waals surface area contributed by atoms with E-state index in [1.54, 1.807) is 0 Å². The van der Waals surface area contributed by atoms with Crippen molar-refractivity contribution in [1.82, 2.24) is 9.55 Å². The Kier molecular flexibility index (Phi) is 3.65. The van der Waals surface area contributed by atoms with Crippen molar-refractivity contribution in [3.05, 3.63) is 24.3 Å². The van der Waals surface area contributed by atoms with Crippen LogP contribution in [-0.2, 0) is 7.05 Å². The van der Waals surface area contributed by atoms with E-state index in [1.807, 2.05) is 12.1 Å². The van der Waals surface area contributed by atoms with Crippen LogP contribution in [0.2, 0.25) is 0 Å². The van der Waals surface area contributed by atoms with Gasteiger partial charge in [0.1, 0.15) is 0 Å². The number of nitrogens with one attached hydrogen (secondary N) is 1. The molecule has 0 aliphatic heterocycles. The topological polar surface area (TPSA) is 29.9 Å². The van der Waals surface area contributed by atoms with E-state index < -0.39 is 0 Å². The Morgan fingerprint density at radius 1 is 1.32 bits per heavy atom. The summed E-state index contributed by atoms with van der Waals surface area (Å²) in [7, 11) is 2.06. The average Bonchev–Trinajstić information content (AvgIpc) is 3.01. The van der Waals surface area contributed by atoms with E-state index in [1.165, 1.54) is 24.8 Å². The van der Waals surface area contributed by atoms with Crippen LogP contribution in [0, 0.1) is 11.8 Å². The summed E-state index contributed by atoms with van der Waals surface area (Å²) in [5, 5.41) is 3.50. The molecule has 3 nitrogen and oxygen atoms in total. The number of imidazole rings is 1. The Bertz CT molecular complexity index is 564. The van der Waals surface area contributed by atoms with Gasteiger partial charge in [-0.3, -0.25) is 0 Å². The van der Waals surface area contributed by atoms with Gasteiger partial charge in [0.05, 0.1) is 11.0 Å². The number of hydrogen-bond donors (Lipinski definition) is 1. The molecule has 0 radical (unpaired) electrons. The zero-order valence-corrected chi connectivity index (χ0v) is 12.0. The van der Waals surface area contributed by atoms with Crippen LogP contribution in [-0.4, -0.2) is 22.0 Å². The Hall–Kier alpha value is -1.22. The number of benzene rings is 1. The van der Waals surface area contributed by atoms with Crippen LogP contribution in [0.25, 0.3) is 11.0 Å².